The first-order valence-corrected chi connectivity index (χ1v) is 6.87. The van der Waals surface area contributed by atoms with Crippen LogP contribution in [0.25, 0.3) is 0 Å². The molecule has 0 atom stereocenters. The van der Waals surface area contributed by atoms with Crippen LogP contribution in [0.15, 0.2) is 42.5 Å². The summed E-state index contributed by atoms with van der Waals surface area (Å²) < 4.78 is 0. The second-order valence-electron chi connectivity index (χ2n) is 4.95. The molecule has 0 aromatic heterocycles. The fraction of sp³-hybridized carbons (Fsp3) is 0.235. The first-order valence-electron chi connectivity index (χ1n) is 6.87. The lowest BCUT2D eigenvalue weighted by Gasteiger charge is -2.12. The zero-order chi connectivity index (χ0) is 14.5. The number of aryl methyl sites for hydroxylation is 2. The van der Waals surface area contributed by atoms with E-state index in [9.17, 15) is 4.79 Å². The predicted octanol–water partition coefficient (Wildman–Crippen LogP) is 3.78. The average Bonchev–Trinajstić information content (AvgIpc) is 2.44. The van der Waals surface area contributed by atoms with Crippen molar-refractivity contribution in [2.75, 3.05) is 11.1 Å². The highest BCUT2D eigenvalue weighted by Gasteiger charge is 2.11. The van der Waals surface area contributed by atoms with Crippen LogP contribution in [0.2, 0.25) is 0 Å². The smallest absolute Gasteiger partial charge is 0.257 e. The minimum atomic E-state index is -0.158. The van der Waals surface area contributed by atoms with Crippen LogP contribution in [-0.2, 0) is 6.42 Å². The molecular weight excluding hydrogens is 248 g/mol. The Hall–Kier alpha value is -2.29. The Morgan fingerprint density at radius 3 is 2.70 bits per heavy atom. The van der Waals surface area contributed by atoms with Gasteiger partial charge in [0.1, 0.15) is 0 Å². The van der Waals surface area contributed by atoms with Gasteiger partial charge in [0, 0.05) is 11.4 Å². The minimum absolute atomic E-state index is 0.158. The summed E-state index contributed by atoms with van der Waals surface area (Å²) in [5.74, 6) is -0.158. The van der Waals surface area contributed by atoms with Crippen molar-refractivity contribution in [1.82, 2.24) is 0 Å². The molecule has 0 spiro atoms. The normalized spacial score (nSPS) is 10.3. The van der Waals surface area contributed by atoms with Crippen molar-refractivity contribution in [3.8, 4) is 0 Å². The van der Waals surface area contributed by atoms with Crippen LogP contribution in [-0.4, -0.2) is 5.91 Å². The van der Waals surface area contributed by atoms with Gasteiger partial charge < -0.3 is 11.1 Å². The van der Waals surface area contributed by atoms with E-state index in [-0.39, 0.29) is 5.91 Å². The summed E-state index contributed by atoms with van der Waals surface area (Å²) in [5.41, 5.74) is 9.93. The van der Waals surface area contributed by atoms with Crippen LogP contribution in [0.1, 0.15) is 34.8 Å². The van der Waals surface area contributed by atoms with Gasteiger partial charge in [-0.05, 0) is 37.1 Å². The molecule has 20 heavy (non-hydrogen) atoms. The number of amides is 1. The first-order chi connectivity index (χ1) is 9.61. The number of rotatable bonds is 4. The van der Waals surface area contributed by atoms with Crippen molar-refractivity contribution in [1.29, 1.82) is 0 Å². The maximum absolute atomic E-state index is 12.4. The minimum Gasteiger partial charge on any atom is -0.398 e. The van der Waals surface area contributed by atoms with E-state index in [4.69, 9.17) is 5.73 Å². The van der Waals surface area contributed by atoms with Gasteiger partial charge in [-0.25, -0.2) is 0 Å². The Bertz CT molecular complexity index is 620. The molecule has 2 aromatic rings. The third-order valence-electron chi connectivity index (χ3n) is 3.24. The third kappa shape index (κ3) is 3.18. The van der Waals surface area contributed by atoms with Crippen molar-refractivity contribution in [3.05, 3.63) is 59.2 Å². The van der Waals surface area contributed by atoms with Crippen molar-refractivity contribution in [3.63, 3.8) is 0 Å². The second-order valence-corrected chi connectivity index (χ2v) is 4.95. The van der Waals surface area contributed by atoms with E-state index in [0.29, 0.717) is 11.3 Å². The summed E-state index contributed by atoms with van der Waals surface area (Å²) in [5, 5.41) is 2.96. The Kier molecular flexibility index (Phi) is 4.41. The van der Waals surface area contributed by atoms with Crippen LogP contribution >= 0.6 is 0 Å². The van der Waals surface area contributed by atoms with E-state index in [0.717, 1.165) is 29.7 Å². The van der Waals surface area contributed by atoms with Gasteiger partial charge in [0.15, 0.2) is 0 Å². The van der Waals surface area contributed by atoms with Crippen LogP contribution < -0.4 is 11.1 Å². The molecule has 0 aliphatic heterocycles. The lowest BCUT2D eigenvalue weighted by Crippen LogP contribution is -2.15. The molecule has 0 aliphatic carbocycles. The lowest BCUT2D eigenvalue weighted by molar-refractivity contribution is 0.102. The molecular formula is C17H20N2O. The zero-order valence-electron chi connectivity index (χ0n) is 11.9. The first kappa shape index (κ1) is 14.1. The van der Waals surface area contributed by atoms with Crippen molar-refractivity contribution >= 4 is 17.3 Å². The highest BCUT2D eigenvalue weighted by atomic mass is 16.1. The van der Waals surface area contributed by atoms with Gasteiger partial charge in [0.25, 0.3) is 5.91 Å². The third-order valence-corrected chi connectivity index (χ3v) is 3.24. The Morgan fingerprint density at radius 1 is 1.20 bits per heavy atom. The standard InChI is InChI=1S/C17H20N2O/c1-3-6-13-7-4-5-8-16(13)19-17(20)14-11-12(2)9-10-15(14)18/h4-5,7-11H,3,6,18H2,1-2H3,(H,19,20). The number of nitrogens with one attached hydrogen (secondary N) is 1. The van der Waals surface area contributed by atoms with Gasteiger partial charge in [0.2, 0.25) is 0 Å². The summed E-state index contributed by atoms with van der Waals surface area (Å²) in [4.78, 5) is 12.4. The van der Waals surface area contributed by atoms with Crippen LogP contribution in [0.3, 0.4) is 0 Å². The maximum atomic E-state index is 12.4. The molecule has 0 fully saturated rings. The van der Waals surface area contributed by atoms with Gasteiger partial charge in [-0.3, -0.25) is 4.79 Å². The van der Waals surface area contributed by atoms with Crippen molar-refractivity contribution in [2.24, 2.45) is 0 Å². The number of carbonyl (C=O) groups is 1. The molecule has 0 unspecified atom stereocenters. The van der Waals surface area contributed by atoms with Crippen LogP contribution in [0.5, 0.6) is 0 Å². The highest BCUT2D eigenvalue weighted by Crippen LogP contribution is 2.20. The molecule has 2 aromatic carbocycles. The fourth-order valence-corrected chi connectivity index (χ4v) is 2.19. The Morgan fingerprint density at radius 2 is 1.95 bits per heavy atom. The van der Waals surface area contributed by atoms with Gasteiger partial charge in [0.05, 0.1) is 5.56 Å². The largest absolute Gasteiger partial charge is 0.398 e. The van der Waals surface area contributed by atoms with E-state index < -0.39 is 0 Å². The Labute approximate surface area is 119 Å². The summed E-state index contributed by atoms with van der Waals surface area (Å²) >= 11 is 0. The molecule has 0 aliphatic rings. The molecule has 1 amide bonds. The second kappa shape index (κ2) is 6.24. The number of nitrogen functional groups attached to an aromatic ring is 1. The molecule has 2 rings (SSSR count). The van der Waals surface area contributed by atoms with E-state index in [2.05, 4.69) is 12.2 Å². The number of para-hydroxylation sites is 1. The quantitative estimate of drug-likeness (QED) is 0.829. The number of hydrogen-bond acceptors (Lipinski definition) is 2. The SMILES string of the molecule is CCCc1ccccc1NC(=O)c1cc(C)ccc1N. The number of benzene rings is 2. The van der Waals surface area contributed by atoms with Gasteiger partial charge >= 0.3 is 0 Å². The highest BCUT2D eigenvalue weighted by molar-refractivity contribution is 6.08. The number of carbonyl (C=O) groups excluding carboxylic acids is 1. The van der Waals surface area contributed by atoms with E-state index in [1.54, 1.807) is 6.07 Å². The fourth-order valence-electron chi connectivity index (χ4n) is 2.19. The summed E-state index contributed by atoms with van der Waals surface area (Å²) in [6.45, 7) is 4.07. The van der Waals surface area contributed by atoms with Gasteiger partial charge in [-0.1, -0.05) is 43.2 Å². The molecule has 104 valence electrons. The van der Waals surface area contributed by atoms with Crippen LogP contribution in [0.4, 0.5) is 11.4 Å². The average molecular weight is 268 g/mol. The van der Waals surface area contributed by atoms with Crippen LogP contribution in [0, 0.1) is 6.92 Å². The number of hydrogen-bond donors (Lipinski definition) is 2. The molecule has 3 nitrogen and oxygen atoms in total. The number of anilines is 2. The maximum Gasteiger partial charge on any atom is 0.257 e. The molecule has 0 saturated heterocycles. The topological polar surface area (TPSA) is 55.1 Å². The van der Waals surface area contributed by atoms with Gasteiger partial charge in [-0.15, -0.1) is 0 Å². The van der Waals surface area contributed by atoms with Gasteiger partial charge in [-0.2, -0.15) is 0 Å². The molecule has 0 saturated carbocycles. The van der Waals surface area contributed by atoms with E-state index in [1.807, 2.05) is 43.3 Å². The molecule has 3 N–H and O–H groups in total. The monoisotopic (exact) mass is 268 g/mol. The summed E-state index contributed by atoms with van der Waals surface area (Å²) in [6.07, 6.45) is 1.99. The molecule has 0 bridgehead atoms. The van der Waals surface area contributed by atoms with E-state index in [1.165, 1.54) is 0 Å². The number of nitrogens with two attached hydrogens (primary N) is 1. The van der Waals surface area contributed by atoms with E-state index >= 15 is 0 Å². The molecule has 0 heterocycles. The predicted molar refractivity (Wildman–Crippen MR) is 84.0 cm³/mol. The zero-order valence-corrected chi connectivity index (χ0v) is 11.9. The summed E-state index contributed by atoms with van der Waals surface area (Å²) in [6, 6.07) is 13.4. The Balaban J connectivity index is 2.26. The lowest BCUT2D eigenvalue weighted by atomic mass is 10.1. The van der Waals surface area contributed by atoms with Crippen molar-refractivity contribution < 1.29 is 4.79 Å². The molecule has 0 radical (unpaired) electrons. The van der Waals surface area contributed by atoms with Crippen molar-refractivity contribution in [2.45, 2.75) is 26.7 Å². The molecule has 3 heteroatoms. The summed E-state index contributed by atoms with van der Waals surface area (Å²) in [7, 11) is 0.